The number of anilines is 1. The van der Waals surface area contributed by atoms with E-state index < -0.39 is 17.3 Å². The minimum Gasteiger partial charge on any atom is -0.324 e. The van der Waals surface area contributed by atoms with Gasteiger partial charge in [0.15, 0.2) is 0 Å². The van der Waals surface area contributed by atoms with Gasteiger partial charge in [0.05, 0.1) is 5.02 Å². The zero-order valence-electron chi connectivity index (χ0n) is 10.9. The lowest BCUT2D eigenvalue weighted by Gasteiger charge is -2.24. The van der Waals surface area contributed by atoms with E-state index in [1.165, 1.54) is 12.1 Å². The summed E-state index contributed by atoms with van der Waals surface area (Å²) in [6.45, 7) is 1.60. The quantitative estimate of drug-likeness (QED) is 0.912. The summed E-state index contributed by atoms with van der Waals surface area (Å²) in [5.74, 6) is -1.02. The normalized spacial score (nSPS) is 13.6. The van der Waals surface area contributed by atoms with Crippen molar-refractivity contribution in [1.29, 1.82) is 0 Å². The summed E-state index contributed by atoms with van der Waals surface area (Å²) >= 11 is 5.59. The van der Waals surface area contributed by atoms with Gasteiger partial charge in [-0.05, 0) is 30.7 Å². The summed E-state index contributed by atoms with van der Waals surface area (Å²) in [5.41, 5.74) is 5.84. The topological polar surface area (TPSA) is 55.1 Å². The Labute approximate surface area is 121 Å². The molecule has 0 heterocycles. The number of hydrogen-bond acceptors (Lipinski definition) is 2. The fourth-order valence-corrected chi connectivity index (χ4v) is 1.87. The van der Waals surface area contributed by atoms with Crippen molar-refractivity contribution in [2.24, 2.45) is 5.73 Å². The molecular formula is C15H14ClFN2O. The summed E-state index contributed by atoms with van der Waals surface area (Å²) < 4.78 is 13.3. The van der Waals surface area contributed by atoms with Crippen molar-refractivity contribution in [3.05, 3.63) is 64.9 Å². The van der Waals surface area contributed by atoms with Gasteiger partial charge in [-0.2, -0.15) is 0 Å². The highest BCUT2D eigenvalue weighted by Gasteiger charge is 2.30. The molecule has 0 fully saturated rings. The van der Waals surface area contributed by atoms with Gasteiger partial charge >= 0.3 is 0 Å². The van der Waals surface area contributed by atoms with Crippen LogP contribution in [0.4, 0.5) is 10.1 Å². The number of benzene rings is 2. The third-order valence-corrected chi connectivity index (χ3v) is 3.33. The molecule has 1 amide bonds. The Balaban J connectivity index is 2.21. The van der Waals surface area contributed by atoms with Crippen LogP contribution in [0.25, 0.3) is 0 Å². The summed E-state index contributed by atoms with van der Waals surface area (Å²) in [7, 11) is 0. The zero-order valence-corrected chi connectivity index (χ0v) is 11.6. The van der Waals surface area contributed by atoms with E-state index >= 15 is 0 Å². The van der Waals surface area contributed by atoms with Crippen molar-refractivity contribution in [3.8, 4) is 0 Å². The Morgan fingerprint density at radius 3 is 2.50 bits per heavy atom. The Hall–Kier alpha value is -1.91. The minimum absolute atomic E-state index is 0.00145. The third-order valence-electron chi connectivity index (χ3n) is 3.02. The lowest BCUT2D eigenvalue weighted by atomic mass is 9.92. The first-order chi connectivity index (χ1) is 9.41. The third kappa shape index (κ3) is 2.98. The molecule has 0 saturated heterocycles. The first kappa shape index (κ1) is 14.5. The molecule has 1 unspecified atom stereocenters. The Morgan fingerprint density at radius 2 is 1.90 bits per heavy atom. The van der Waals surface area contributed by atoms with E-state index in [1.807, 2.05) is 6.07 Å². The molecular weight excluding hydrogens is 279 g/mol. The lowest BCUT2D eigenvalue weighted by Crippen LogP contribution is -2.45. The second kappa shape index (κ2) is 5.61. The predicted octanol–water partition coefficient (Wildman–Crippen LogP) is 3.29. The fraction of sp³-hybridized carbons (Fsp3) is 0.133. The molecule has 0 aliphatic heterocycles. The van der Waals surface area contributed by atoms with Crippen LogP contribution in [0.2, 0.25) is 5.02 Å². The second-order valence-electron chi connectivity index (χ2n) is 4.65. The van der Waals surface area contributed by atoms with Crippen LogP contribution in [-0.4, -0.2) is 5.91 Å². The minimum atomic E-state index is -1.21. The number of carbonyl (C=O) groups excluding carboxylic acids is 1. The number of hydrogen-bond donors (Lipinski definition) is 2. The highest BCUT2D eigenvalue weighted by atomic mass is 35.5. The Morgan fingerprint density at radius 1 is 1.25 bits per heavy atom. The van der Waals surface area contributed by atoms with Crippen LogP contribution < -0.4 is 11.1 Å². The maximum absolute atomic E-state index is 13.3. The predicted molar refractivity (Wildman–Crippen MR) is 78.0 cm³/mol. The average molecular weight is 293 g/mol. The van der Waals surface area contributed by atoms with Crippen LogP contribution in [0, 0.1) is 5.82 Å². The molecule has 1 atom stereocenters. The van der Waals surface area contributed by atoms with Gasteiger partial charge in [-0.25, -0.2) is 4.39 Å². The van der Waals surface area contributed by atoms with E-state index in [0.29, 0.717) is 11.3 Å². The van der Waals surface area contributed by atoms with Gasteiger partial charge < -0.3 is 11.1 Å². The van der Waals surface area contributed by atoms with Gasteiger partial charge in [0.1, 0.15) is 11.4 Å². The molecule has 5 heteroatoms. The second-order valence-corrected chi connectivity index (χ2v) is 5.06. The standard InChI is InChI=1S/C15H14ClFN2O/c1-15(18,10-5-3-2-4-6-10)14(20)19-11-7-8-12(16)13(17)9-11/h2-9H,18H2,1H3,(H,19,20). The summed E-state index contributed by atoms with van der Waals surface area (Å²) in [6, 6.07) is 13.0. The van der Waals surface area contributed by atoms with Crippen molar-refractivity contribution < 1.29 is 9.18 Å². The van der Waals surface area contributed by atoms with E-state index in [1.54, 1.807) is 31.2 Å². The van der Waals surface area contributed by atoms with Crippen LogP contribution in [0.3, 0.4) is 0 Å². The average Bonchev–Trinajstić information content (AvgIpc) is 2.44. The number of amides is 1. The van der Waals surface area contributed by atoms with E-state index in [4.69, 9.17) is 17.3 Å². The van der Waals surface area contributed by atoms with Crippen LogP contribution in [-0.2, 0) is 10.3 Å². The van der Waals surface area contributed by atoms with Crippen molar-refractivity contribution in [3.63, 3.8) is 0 Å². The maximum Gasteiger partial charge on any atom is 0.248 e. The molecule has 2 aromatic rings. The molecule has 0 spiro atoms. The molecule has 0 aliphatic rings. The highest BCUT2D eigenvalue weighted by Crippen LogP contribution is 2.22. The molecule has 3 nitrogen and oxygen atoms in total. The van der Waals surface area contributed by atoms with E-state index in [9.17, 15) is 9.18 Å². The van der Waals surface area contributed by atoms with E-state index in [0.717, 1.165) is 6.07 Å². The molecule has 3 N–H and O–H groups in total. The SMILES string of the molecule is CC(N)(C(=O)Nc1ccc(Cl)c(F)c1)c1ccccc1. The van der Waals surface area contributed by atoms with Gasteiger partial charge in [-0.1, -0.05) is 41.9 Å². The highest BCUT2D eigenvalue weighted by molar-refractivity contribution is 6.30. The molecule has 20 heavy (non-hydrogen) atoms. The number of rotatable bonds is 3. The number of nitrogens with one attached hydrogen (secondary N) is 1. The van der Waals surface area contributed by atoms with Gasteiger partial charge in [-0.3, -0.25) is 4.79 Å². The first-order valence-electron chi connectivity index (χ1n) is 6.02. The fourth-order valence-electron chi connectivity index (χ4n) is 1.75. The molecule has 104 valence electrons. The molecule has 0 bridgehead atoms. The zero-order chi connectivity index (χ0) is 14.8. The van der Waals surface area contributed by atoms with Crippen molar-refractivity contribution in [1.82, 2.24) is 0 Å². The molecule has 0 aliphatic carbocycles. The molecule has 2 aromatic carbocycles. The summed E-state index contributed by atoms with van der Waals surface area (Å²) in [6.07, 6.45) is 0. The largest absolute Gasteiger partial charge is 0.324 e. The van der Waals surface area contributed by atoms with Crippen LogP contribution in [0.15, 0.2) is 48.5 Å². The van der Waals surface area contributed by atoms with Gasteiger partial charge in [0.2, 0.25) is 5.91 Å². The number of carbonyl (C=O) groups is 1. The summed E-state index contributed by atoms with van der Waals surface area (Å²) in [5, 5.41) is 2.59. The smallest absolute Gasteiger partial charge is 0.248 e. The lowest BCUT2D eigenvalue weighted by molar-refractivity contribution is -0.120. The Bertz CT molecular complexity index is 629. The van der Waals surface area contributed by atoms with Crippen LogP contribution in [0.1, 0.15) is 12.5 Å². The van der Waals surface area contributed by atoms with Crippen molar-refractivity contribution in [2.75, 3.05) is 5.32 Å². The molecule has 0 radical (unpaired) electrons. The monoisotopic (exact) mass is 292 g/mol. The van der Waals surface area contributed by atoms with E-state index in [2.05, 4.69) is 5.32 Å². The molecule has 0 saturated carbocycles. The van der Waals surface area contributed by atoms with Gasteiger partial charge in [-0.15, -0.1) is 0 Å². The molecule has 0 aromatic heterocycles. The van der Waals surface area contributed by atoms with Crippen molar-refractivity contribution >= 4 is 23.2 Å². The van der Waals surface area contributed by atoms with Gasteiger partial charge in [0.25, 0.3) is 0 Å². The van der Waals surface area contributed by atoms with Crippen LogP contribution >= 0.6 is 11.6 Å². The van der Waals surface area contributed by atoms with Crippen LogP contribution in [0.5, 0.6) is 0 Å². The van der Waals surface area contributed by atoms with E-state index in [-0.39, 0.29) is 5.02 Å². The maximum atomic E-state index is 13.3. The van der Waals surface area contributed by atoms with Gasteiger partial charge in [0, 0.05) is 5.69 Å². The first-order valence-corrected chi connectivity index (χ1v) is 6.40. The summed E-state index contributed by atoms with van der Waals surface area (Å²) in [4.78, 5) is 12.2. The number of nitrogens with two attached hydrogens (primary N) is 1. The van der Waals surface area contributed by atoms with Crippen molar-refractivity contribution in [2.45, 2.75) is 12.5 Å². The number of halogens is 2. The Kier molecular flexibility index (Phi) is 4.06. The molecule has 2 rings (SSSR count).